The zero-order valence-corrected chi connectivity index (χ0v) is 11.7. The molecule has 0 spiro atoms. The van der Waals surface area contributed by atoms with Crippen molar-refractivity contribution in [3.05, 3.63) is 47.7 Å². The predicted octanol–water partition coefficient (Wildman–Crippen LogP) is 3.32. The number of carboxylic acid groups (broad SMARTS) is 1. The topological polar surface area (TPSA) is 62.5 Å². The van der Waals surface area contributed by atoms with Gasteiger partial charge in [0.15, 0.2) is 0 Å². The fraction of sp³-hybridized carbons (Fsp3) is 0.267. The van der Waals surface area contributed by atoms with Crippen molar-refractivity contribution in [1.29, 1.82) is 0 Å². The molecular weight excluding hydrogens is 278 g/mol. The van der Waals surface area contributed by atoms with Crippen molar-refractivity contribution in [3.63, 3.8) is 0 Å². The molecule has 0 unspecified atom stereocenters. The number of carboxylic acids is 1. The van der Waals surface area contributed by atoms with Crippen LogP contribution in [0.3, 0.4) is 0 Å². The fourth-order valence-corrected chi connectivity index (χ4v) is 1.97. The summed E-state index contributed by atoms with van der Waals surface area (Å²) >= 11 is 0. The second-order valence-corrected chi connectivity index (χ2v) is 4.81. The van der Waals surface area contributed by atoms with Crippen LogP contribution >= 0.6 is 12.4 Å². The van der Waals surface area contributed by atoms with E-state index in [1.165, 1.54) is 12.8 Å². The maximum atomic E-state index is 10.9. The van der Waals surface area contributed by atoms with Crippen LogP contribution in [0, 0.1) is 0 Å². The molecule has 0 aliphatic heterocycles. The van der Waals surface area contributed by atoms with Gasteiger partial charge in [0.25, 0.3) is 0 Å². The van der Waals surface area contributed by atoms with Gasteiger partial charge in [0.1, 0.15) is 11.5 Å². The molecule has 0 bridgehead atoms. The van der Waals surface area contributed by atoms with E-state index < -0.39 is 5.97 Å². The first-order valence-electron chi connectivity index (χ1n) is 6.38. The quantitative estimate of drug-likeness (QED) is 0.888. The molecule has 106 valence electrons. The van der Waals surface area contributed by atoms with Crippen molar-refractivity contribution in [2.24, 2.45) is 0 Å². The minimum Gasteiger partial charge on any atom is -0.478 e. The van der Waals surface area contributed by atoms with E-state index in [0.29, 0.717) is 11.8 Å². The summed E-state index contributed by atoms with van der Waals surface area (Å²) in [6.45, 7) is 0.725. The molecule has 2 N–H and O–H groups in total. The van der Waals surface area contributed by atoms with Crippen LogP contribution < -0.4 is 5.32 Å². The molecule has 1 fully saturated rings. The largest absolute Gasteiger partial charge is 0.478 e. The van der Waals surface area contributed by atoms with Crippen LogP contribution in [0.25, 0.3) is 11.3 Å². The van der Waals surface area contributed by atoms with Crippen LogP contribution in [0.15, 0.2) is 40.8 Å². The molecule has 1 aromatic carbocycles. The van der Waals surface area contributed by atoms with Crippen LogP contribution in [0.1, 0.15) is 29.0 Å². The van der Waals surface area contributed by atoms with Gasteiger partial charge in [-0.25, -0.2) is 4.79 Å². The molecule has 0 atom stereocenters. The number of hydrogen-bond acceptors (Lipinski definition) is 3. The normalized spacial score (nSPS) is 13.8. The number of rotatable bonds is 5. The average molecular weight is 294 g/mol. The molecule has 1 saturated carbocycles. The molecular formula is C15H16ClNO3. The molecule has 2 aromatic rings. The molecule has 3 rings (SSSR count). The van der Waals surface area contributed by atoms with E-state index in [-0.39, 0.29) is 18.0 Å². The first-order valence-corrected chi connectivity index (χ1v) is 6.38. The smallest absolute Gasteiger partial charge is 0.335 e. The second-order valence-electron chi connectivity index (χ2n) is 4.81. The van der Waals surface area contributed by atoms with Gasteiger partial charge >= 0.3 is 5.97 Å². The summed E-state index contributed by atoms with van der Waals surface area (Å²) in [5.74, 6) is 0.655. The molecule has 0 radical (unpaired) electrons. The number of furan rings is 1. The molecule has 0 amide bonds. The Morgan fingerprint density at radius 1 is 1.30 bits per heavy atom. The van der Waals surface area contributed by atoms with E-state index in [2.05, 4.69) is 5.32 Å². The molecule has 1 aromatic heterocycles. The van der Waals surface area contributed by atoms with Crippen LogP contribution in [0.5, 0.6) is 0 Å². The molecule has 1 aliphatic rings. The van der Waals surface area contributed by atoms with Gasteiger partial charge in [-0.05, 0) is 37.1 Å². The van der Waals surface area contributed by atoms with Crippen LogP contribution in [0.2, 0.25) is 0 Å². The van der Waals surface area contributed by atoms with E-state index in [1.54, 1.807) is 18.2 Å². The van der Waals surface area contributed by atoms with Crippen molar-refractivity contribution < 1.29 is 14.3 Å². The summed E-state index contributed by atoms with van der Waals surface area (Å²) in [6.07, 6.45) is 2.49. The van der Waals surface area contributed by atoms with E-state index >= 15 is 0 Å². The number of hydrogen-bond donors (Lipinski definition) is 2. The van der Waals surface area contributed by atoms with Crippen LogP contribution in [-0.4, -0.2) is 17.1 Å². The predicted molar refractivity (Wildman–Crippen MR) is 78.2 cm³/mol. The van der Waals surface area contributed by atoms with Gasteiger partial charge in [0, 0.05) is 11.6 Å². The zero-order chi connectivity index (χ0) is 13.2. The lowest BCUT2D eigenvalue weighted by Crippen LogP contribution is -2.14. The lowest BCUT2D eigenvalue weighted by Gasteiger charge is -2.00. The van der Waals surface area contributed by atoms with Gasteiger partial charge in [-0.3, -0.25) is 0 Å². The minimum absolute atomic E-state index is 0. The fourth-order valence-electron chi connectivity index (χ4n) is 1.97. The highest BCUT2D eigenvalue weighted by Gasteiger charge is 2.20. The van der Waals surface area contributed by atoms with Gasteiger partial charge in [-0.2, -0.15) is 0 Å². The standard InChI is InChI=1S/C15H15NO3.ClH/c17-15(18)11-3-1-2-10(8-11)14-7-6-13(19-14)9-16-12-4-5-12;/h1-3,6-8,12,16H,4-5,9H2,(H,17,18);1H. The van der Waals surface area contributed by atoms with Crippen molar-refractivity contribution >= 4 is 18.4 Å². The Balaban J connectivity index is 0.00000147. The molecule has 4 nitrogen and oxygen atoms in total. The zero-order valence-electron chi connectivity index (χ0n) is 10.8. The average Bonchev–Trinajstić information content (AvgIpc) is 3.13. The highest BCUT2D eigenvalue weighted by atomic mass is 35.5. The number of halogens is 1. The maximum Gasteiger partial charge on any atom is 0.335 e. The SMILES string of the molecule is Cl.O=C(O)c1cccc(-c2ccc(CNC3CC3)o2)c1. The van der Waals surface area contributed by atoms with Gasteiger partial charge < -0.3 is 14.8 Å². The number of nitrogens with one attached hydrogen (secondary N) is 1. The first kappa shape index (κ1) is 14.6. The maximum absolute atomic E-state index is 10.9. The van der Waals surface area contributed by atoms with Crippen molar-refractivity contribution in [2.45, 2.75) is 25.4 Å². The first-order chi connectivity index (χ1) is 9.22. The van der Waals surface area contributed by atoms with E-state index in [1.807, 2.05) is 18.2 Å². The summed E-state index contributed by atoms with van der Waals surface area (Å²) in [5, 5.41) is 12.4. The third-order valence-corrected chi connectivity index (χ3v) is 3.20. The van der Waals surface area contributed by atoms with Gasteiger partial charge in [0.05, 0.1) is 12.1 Å². The molecule has 1 heterocycles. The number of aromatic carboxylic acids is 1. The Hall–Kier alpha value is -1.78. The molecule has 1 aliphatic carbocycles. The van der Waals surface area contributed by atoms with Crippen molar-refractivity contribution in [2.75, 3.05) is 0 Å². The molecule has 0 saturated heterocycles. The van der Waals surface area contributed by atoms with Crippen molar-refractivity contribution in [3.8, 4) is 11.3 Å². The van der Waals surface area contributed by atoms with E-state index in [4.69, 9.17) is 9.52 Å². The Morgan fingerprint density at radius 2 is 2.10 bits per heavy atom. The highest BCUT2D eigenvalue weighted by molar-refractivity contribution is 5.89. The van der Waals surface area contributed by atoms with Gasteiger partial charge in [0.2, 0.25) is 0 Å². The summed E-state index contributed by atoms with van der Waals surface area (Å²) in [6, 6.07) is 11.2. The summed E-state index contributed by atoms with van der Waals surface area (Å²) in [5.41, 5.74) is 1.06. The summed E-state index contributed by atoms with van der Waals surface area (Å²) in [4.78, 5) is 10.9. The molecule has 20 heavy (non-hydrogen) atoms. The third-order valence-electron chi connectivity index (χ3n) is 3.20. The third kappa shape index (κ3) is 3.40. The van der Waals surface area contributed by atoms with E-state index in [9.17, 15) is 4.79 Å². The van der Waals surface area contributed by atoms with Crippen LogP contribution in [0.4, 0.5) is 0 Å². The van der Waals surface area contributed by atoms with Crippen molar-refractivity contribution in [1.82, 2.24) is 5.32 Å². The summed E-state index contributed by atoms with van der Waals surface area (Å²) in [7, 11) is 0. The van der Waals surface area contributed by atoms with Gasteiger partial charge in [-0.15, -0.1) is 12.4 Å². The molecule has 5 heteroatoms. The Kier molecular flexibility index (Phi) is 4.47. The van der Waals surface area contributed by atoms with Crippen LogP contribution in [-0.2, 0) is 6.54 Å². The Labute approximate surface area is 123 Å². The lowest BCUT2D eigenvalue weighted by atomic mass is 10.1. The lowest BCUT2D eigenvalue weighted by molar-refractivity contribution is 0.0697. The highest BCUT2D eigenvalue weighted by Crippen LogP contribution is 2.24. The van der Waals surface area contributed by atoms with E-state index in [0.717, 1.165) is 17.9 Å². The number of benzene rings is 1. The monoisotopic (exact) mass is 293 g/mol. The Bertz CT molecular complexity index is 605. The second kappa shape index (κ2) is 6.11. The number of carbonyl (C=O) groups is 1. The van der Waals surface area contributed by atoms with Gasteiger partial charge in [-0.1, -0.05) is 12.1 Å². The Morgan fingerprint density at radius 3 is 2.80 bits per heavy atom. The minimum atomic E-state index is -0.927. The summed E-state index contributed by atoms with van der Waals surface area (Å²) < 4.78 is 5.73.